The van der Waals surface area contributed by atoms with E-state index in [1.807, 2.05) is 60.7 Å². The molecule has 1 heterocycles. The highest BCUT2D eigenvalue weighted by Crippen LogP contribution is 2.24. The van der Waals surface area contributed by atoms with E-state index in [1.54, 1.807) is 0 Å². The fourth-order valence-electron chi connectivity index (χ4n) is 3.10. The third kappa shape index (κ3) is 5.61. The summed E-state index contributed by atoms with van der Waals surface area (Å²) in [5.74, 6) is -0.248. The first-order valence-corrected chi connectivity index (χ1v) is 9.01. The second-order valence-corrected chi connectivity index (χ2v) is 6.55. The Morgan fingerprint density at radius 2 is 1.63 bits per heavy atom. The molecular formula is C21H25NO5. The fourth-order valence-corrected chi connectivity index (χ4v) is 3.10. The lowest BCUT2D eigenvalue weighted by molar-refractivity contribution is -0.130. The van der Waals surface area contributed by atoms with E-state index in [4.69, 9.17) is 14.2 Å². The molecule has 1 saturated heterocycles. The summed E-state index contributed by atoms with van der Waals surface area (Å²) in [6.07, 6.45) is -2.14. The molecular weight excluding hydrogens is 346 g/mol. The molecule has 2 aromatic carbocycles. The molecule has 1 unspecified atom stereocenters. The van der Waals surface area contributed by atoms with Crippen LogP contribution in [-0.4, -0.2) is 42.2 Å². The summed E-state index contributed by atoms with van der Waals surface area (Å²) < 4.78 is 17.4. The van der Waals surface area contributed by atoms with Gasteiger partial charge in [-0.05, 0) is 11.1 Å². The summed E-state index contributed by atoms with van der Waals surface area (Å²) in [4.78, 5) is 11.5. The molecule has 4 atom stereocenters. The monoisotopic (exact) mass is 371 g/mol. The zero-order chi connectivity index (χ0) is 19.1. The number of carbonyl (C=O) groups excluding carboxylic acids is 1. The third-order valence-corrected chi connectivity index (χ3v) is 4.39. The van der Waals surface area contributed by atoms with Crippen LogP contribution in [0.4, 0.5) is 0 Å². The zero-order valence-electron chi connectivity index (χ0n) is 15.3. The van der Waals surface area contributed by atoms with Crippen LogP contribution in [0.1, 0.15) is 18.1 Å². The highest BCUT2D eigenvalue weighted by molar-refractivity contribution is 5.73. The average molecular weight is 371 g/mol. The number of ether oxygens (including phenoxy) is 3. The molecule has 0 bridgehead atoms. The standard InChI is InChI=1S/C21H25NO5/c1-15(23)22-19-20(26-13-17-10-6-3-7-11-17)18(27-21(19)24)14-25-12-16-8-4-2-5-9-16/h2-11,18-21,24H,12-14H2,1H3,(H,22,23)/t18-,19+,20+,21?/m1/s1. The van der Waals surface area contributed by atoms with Crippen molar-refractivity contribution in [2.24, 2.45) is 0 Å². The second kappa shape index (κ2) is 9.62. The lowest BCUT2D eigenvalue weighted by Gasteiger charge is -2.24. The van der Waals surface area contributed by atoms with Gasteiger partial charge in [0.05, 0.1) is 19.8 Å². The van der Waals surface area contributed by atoms with Crippen molar-refractivity contribution in [1.29, 1.82) is 0 Å². The number of aliphatic hydroxyl groups is 1. The van der Waals surface area contributed by atoms with Gasteiger partial charge in [-0.25, -0.2) is 0 Å². The lowest BCUT2D eigenvalue weighted by atomic mass is 10.1. The van der Waals surface area contributed by atoms with Crippen LogP contribution in [-0.2, 0) is 32.2 Å². The molecule has 0 spiro atoms. The van der Waals surface area contributed by atoms with Gasteiger partial charge in [-0.1, -0.05) is 60.7 Å². The minimum Gasteiger partial charge on any atom is -0.374 e. The SMILES string of the molecule is CC(=O)N[C@@H]1C(O)O[C@H](COCc2ccccc2)[C@@H]1OCc1ccccc1. The van der Waals surface area contributed by atoms with Crippen LogP contribution in [0.5, 0.6) is 0 Å². The van der Waals surface area contributed by atoms with Gasteiger partial charge < -0.3 is 24.6 Å². The molecule has 144 valence electrons. The van der Waals surface area contributed by atoms with Gasteiger partial charge in [0.15, 0.2) is 6.29 Å². The second-order valence-electron chi connectivity index (χ2n) is 6.55. The van der Waals surface area contributed by atoms with Crippen LogP contribution >= 0.6 is 0 Å². The number of hydrogen-bond acceptors (Lipinski definition) is 5. The average Bonchev–Trinajstić information content (AvgIpc) is 2.96. The lowest BCUT2D eigenvalue weighted by Crippen LogP contribution is -2.48. The zero-order valence-corrected chi connectivity index (χ0v) is 15.3. The molecule has 0 saturated carbocycles. The first-order chi connectivity index (χ1) is 13.1. The molecule has 6 heteroatoms. The first kappa shape index (κ1) is 19.5. The van der Waals surface area contributed by atoms with E-state index >= 15 is 0 Å². The van der Waals surface area contributed by atoms with Gasteiger partial charge in [-0.15, -0.1) is 0 Å². The third-order valence-electron chi connectivity index (χ3n) is 4.39. The number of carbonyl (C=O) groups is 1. The van der Waals surface area contributed by atoms with Crippen molar-refractivity contribution in [3.63, 3.8) is 0 Å². The van der Waals surface area contributed by atoms with Gasteiger partial charge in [0.2, 0.25) is 5.91 Å². The van der Waals surface area contributed by atoms with Crippen molar-refractivity contribution < 1.29 is 24.1 Å². The smallest absolute Gasteiger partial charge is 0.217 e. The first-order valence-electron chi connectivity index (χ1n) is 9.01. The number of nitrogens with one attached hydrogen (secondary N) is 1. The molecule has 27 heavy (non-hydrogen) atoms. The predicted octanol–water partition coefficient (Wildman–Crippen LogP) is 2.01. The van der Waals surface area contributed by atoms with Crippen LogP contribution in [0.2, 0.25) is 0 Å². The molecule has 6 nitrogen and oxygen atoms in total. The molecule has 1 aliphatic heterocycles. The number of amides is 1. The van der Waals surface area contributed by atoms with Crippen LogP contribution in [0, 0.1) is 0 Å². The summed E-state index contributed by atoms with van der Waals surface area (Å²) in [6.45, 7) is 2.45. The minimum absolute atomic E-state index is 0.248. The van der Waals surface area contributed by atoms with Crippen molar-refractivity contribution in [3.05, 3.63) is 71.8 Å². The van der Waals surface area contributed by atoms with E-state index in [9.17, 15) is 9.90 Å². The van der Waals surface area contributed by atoms with Crippen molar-refractivity contribution in [3.8, 4) is 0 Å². The molecule has 3 rings (SSSR count). The number of aliphatic hydroxyl groups excluding tert-OH is 1. The Morgan fingerprint density at radius 1 is 1.04 bits per heavy atom. The Hall–Kier alpha value is -2.25. The minimum atomic E-state index is -1.14. The van der Waals surface area contributed by atoms with Gasteiger partial charge in [-0.2, -0.15) is 0 Å². The molecule has 2 aromatic rings. The summed E-state index contributed by atoms with van der Waals surface area (Å²) in [5.41, 5.74) is 2.06. The fraction of sp³-hybridized carbons (Fsp3) is 0.381. The van der Waals surface area contributed by atoms with E-state index in [-0.39, 0.29) is 12.5 Å². The van der Waals surface area contributed by atoms with Gasteiger partial charge in [0.25, 0.3) is 0 Å². The van der Waals surface area contributed by atoms with Gasteiger partial charge >= 0.3 is 0 Å². The molecule has 0 aliphatic carbocycles. The van der Waals surface area contributed by atoms with Crippen LogP contribution < -0.4 is 5.32 Å². The topological polar surface area (TPSA) is 77.0 Å². The van der Waals surface area contributed by atoms with E-state index < -0.39 is 24.5 Å². The van der Waals surface area contributed by atoms with Crippen LogP contribution in [0.3, 0.4) is 0 Å². The molecule has 0 aromatic heterocycles. The highest BCUT2D eigenvalue weighted by atomic mass is 16.7. The maximum absolute atomic E-state index is 11.5. The largest absolute Gasteiger partial charge is 0.374 e. The molecule has 0 radical (unpaired) electrons. The van der Waals surface area contributed by atoms with Gasteiger partial charge in [0.1, 0.15) is 18.2 Å². The summed E-state index contributed by atoms with van der Waals surface area (Å²) in [7, 11) is 0. The van der Waals surface area contributed by atoms with Gasteiger partial charge in [-0.3, -0.25) is 4.79 Å². The summed E-state index contributed by atoms with van der Waals surface area (Å²) >= 11 is 0. The number of benzene rings is 2. The number of hydrogen-bond donors (Lipinski definition) is 2. The Balaban J connectivity index is 1.61. The molecule has 1 amide bonds. The summed E-state index contributed by atoms with van der Waals surface area (Å²) in [6, 6.07) is 18.9. The molecule has 1 fully saturated rings. The van der Waals surface area contributed by atoms with Crippen molar-refractivity contribution in [1.82, 2.24) is 5.32 Å². The van der Waals surface area contributed by atoms with Crippen molar-refractivity contribution in [2.45, 2.75) is 44.7 Å². The maximum atomic E-state index is 11.5. The number of rotatable bonds is 8. The molecule has 2 N–H and O–H groups in total. The van der Waals surface area contributed by atoms with Crippen molar-refractivity contribution >= 4 is 5.91 Å². The van der Waals surface area contributed by atoms with Crippen LogP contribution in [0.25, 0.3) is 0 Å². The van der Waals surface area contributed by atoms with Crippen LogP contribution in [0.15, 0.2) is 60.7 Å². The Kier molecular flexibility index (Phi) is 6.95. The van der Waals surface area contributed by atoms with Crippen molar-refractivity contribution in [2.75, 3.05) is 6.61 Å². The maximum Gasteiger partial charge on any atom is 0.217 e. The normalized spacial score (nSPS) is 24.7. The van der Waals surface area contributed by atoms with E-state index in [0.29, 0.717) is 13.2 Å². The molecule has 1 aliphatic rings. The Labute approximate surface area is 159 Å². The summed E-state index contributed by atoms with van der Waals surface area (Å²) in [5, 5.41) is 12.9. The van der Waals surface area contributed by atoms with E-state index in [2.05, 4.69) is 5.32 Å². The van der Waals surface area contributed by atoms with E-state index in [0.717, 1.165) is 11.1 Å². The predicted molar refractivity (Wildman–Crippen MR) is 99.6 cm³/mol. The highest BCUT2D eigenvalue weighted by Gasteiger charge is 2.45. The van der Waals surface area contributed by atoms with Gasteiger partial charge in [0, 0.05) is 6.92 Å². The van der Waals surface area contributed by atoms with E-state index in [1.165, 1.54) is 6.92 Å². The Morgan fingerprint density at radius 3 is 2.22 bits per heavy atom. The Bertz CT molecular complexity index is 709. The quantitative estimate of drug-likeness (QED) is 0.742.